The molecule has 0 bridgehead atoms. The second-order valence-electron chi connectivity index (χ2n) is 4.24. The molecule has 1 aromatic rings. The average Bonchev–Trinajstić information content (AvgIpc) is 2.82. The van der Waals surface area contributed by atoms with Crippen molar-refractivity contribution in [2.45, 2.75) is 18.9 Å². The summed E-state index contributed by atoms with van der Waals surface area (Å²) in [6.45, 7) is 2.01. The van der Waals surface area contributed by atoms with Crippen LogP contribution >= 0.6 is 11.3 Å². The van der Waals surface area contributed by atoms with Gasteiger partial charge in [-0.25, -0.2) is 0 Å². The van der Waals surface area contributed by atoms with Crippen LogP contribution in [-0.4, -0.2) is 25.0 Å². The van der Waals surface area contributed by atoms with Crippen molar-refractivity contribution in [1.82, 2.24) is 5.32 Å². The molecule has 2 aliphatic heterocycles. The minimum absolute atomic E-state index is 0.302. The summed E-state index contributed by atoms with van der Waals surface area (Å²) in [5.41, 5.74) is 0. The number of hydrogen-bond acceptors (Lipinski definition) is 3. The lowest BCUT2D eigenvalue weighted by atomic mass is 9.93. The van der Waals surface area contributed by atoms with E-state index in [2.05, 4.69) is 5.32 Å². The van der Waals surface area contributed by atoms with Gasteiger partial charge in [0.1, 0.15) is 0 Å². The first-order valence-corrected chi connectivity index (χ1v) is 6.30. The van der Waals surface area contributed by atoms with Crippen LogP contribution < -0.4 is 10.2 Å². The molecule has 1 aromatic heterocycles. The Bertz CT molecular complexity index is 363. The number of piperidine rings is 1. The van der Waals surface area contributed by atoms with E-state index in [1.54, 1.807) is 11.3 Å². The normalized spacial score (nSPS) is 30.7. The van der Waals surface area contributed by atoms with E-state index in [9.17, 15) is 4.79 Å². The van der Waals surface area contributed by atoms with Crippen LogP contribution in [0.15, 0.2) is 17.5 Å². The first-order chi connectivity index (χ1) is 7.36. The third kappa shape index (κ3) is 1.48. The maximum atomic E-state index is 11.9. The second-order valence-corrected chi connectivity index (χ2v) is 5.17. The number of thiophene rings is 1. The number of rotatable bonds is 1. The van der Waals surface area contributed by atoms with Gasteiger partial charge in [-0.1, -0.05) is 0 Å². The highest BCUT2D eigenvalue weighted by molar-refractivity contribution is 7.14. The molecule has 1 N–H and O–H groups in total. The molecule has 0 radical (unpaired) electrons. The number of amides is 1. The zero-order chi connectivity index (χ0) is 10.3. The predicted molar refractivity (Wildman–Crippen MR) is 61.2 cm³/mol. The van der Waals surface area contributed by atoms with Crippen molar-refractivity contribution >= 4 is 22.2 Å². The summed E-state index contributed by atoms with van der Waals surface area (Å²) >= 11 is 1.66. The summed E-state index contributed by atoms with van der Waals surface area (Å²) in [4.78, 5) is 13.9. The molecule has 0 spiro atoms. The summed E-state index contributed by atoms with van der Waals surface area (Å²) in [5, 5.41) is 6.52. The molecule has 2 unspecified atom stereocenters. The lowest BCUT2D eigenvalue weighted by molar-refractivity contribution is -0.117. The minimum atomic E-state index is 0.302. The van der Waals surface area contributed by atoms with Gasteiger partial charge in [-0.2, -0.15) is 0 Å². The first kappa shape index (κ1) is 9.36. The van der Waals surface area contributed by atoms with Gasteiger partial charge in [0.25, 0.3) is 0 Å². The molecule has 15 heavy (non-hydrogen) atoms. The van der Waals surface area contributed by atoms with Crippen LogP contribution in [0.3, 0.4) is 0 Å². The highest BCUT2D eigenvalue weighted by atomic mass is 32.1. The van der Waals surface area contributed by atoms with E-state index >= 15 is 0 Å². The van der Waals surface area contributed by atoms with Crippen molar-refractivity contribution in [3.8, 4) is 0 Å². The van der Waals surface area contributed by atoms with E-state index in [1.165, 1.54) is 0 Å². The molecule has 2 aliphatic rings. The lowest BCUT2D eigenvalue weighted by Crippen LogP contribution is -2.46. The molecule has 2 atom stereocenters. The fourth-order valence-corrected chi connectivity index (χ4v) is 3.44. The van der Waals surface area contributed by atoms with Crippen molar-refractivity contribution in [1.29, 1.82) is 0 Å². The van der Waals surface area contributed by atoms with Gasteiger partial charge in [0.2, 0.25) is 5.91 Å². The third-order valence-corrected chi connectivity index (χ3v) is 4.24. The summed E-state index contributed by atoms with van der Waals surface area (Å²) in [6, 6.07) is 4.45. The van der Waals surface area contributed by atoms with Crippen LogP contribution in [0, 0.1) is 5.92 Å². The maximum absolute atomic E-state index is 11.9. The molecule has 80 valence electrons. The Morgan fingerprint density at radius 2 is 2.47 bits per heavy atom. The summed E-state index contributed by atoms with van der Waals surface area (Å²) in [6.07, 6.45) is 1.88. The van der Waals surface area contributed by atoms with Gasteiger partial charge in [-0.05, 0) is 36.4 Å². The van der Waals surface area contributed by atoms with Gasteiger partial charge in [-0.3, -0.25) is 9.69 Å². The van der Waals surface area contributed by atoms with Crippen LogP contribution in [0.1, 0.15) is 12.8 Å². The number of hydrogen-bond donors (Lipinski definition) is 1. The third-order valence-electron chi connectivity index (χ3n) is 3.37. The second kappa shape index (κ2) is 3.61. The van der Waals surface area contributed by atoms with Gasteiger partial charge < -0.3 is 5.32 Å². The van der Waals surface area contributed by atoms with Gasteiger partial charge in [0, 0.05) is 13.0 Å². The molecule has 0 saturated carbocycles. The Labute approximate surface area is 93.1 Å². The van der Waals surface area contributed by atoms with Crippen LogP contribution in [0.5, 0.6) is 0 Å². The average molecular weight is 222 g/mol. The molecular formula is C11H14N2OS. The van der Waals surface area contributed by atoms with Crippen LogP contribution in [0.4, 0.5) is 5.00 Å². The Morgan fingerprint density at radius 1 is 1.53 bits per heavy atom. The van der Waals surface area contributed by atoms with Gasteiger partial charge in [0.05, 0.1) is 11.0 Å². The SMILES string of the molecule is O=C1CC2CCNCC2N1c1cccs1. The van der Waals surface area contributed by atoms with E-state index in [-0.39, 0.29) is 0 Å². The fourth-order valence-electron chi connectivity index (χ4n) is 2.64. The van der Waals surface area contributed by atoms with Gasteiger partial charge >= 0.3 is 0 Å². The van der Waals surface area contributed by atoms with E-state index in [4.69, 9.17) is 0 Å². The fraction of sp³-hybridized carbons (Fsp3) is 0.545. The van der Waals surface area contributed by atoms with Crippen molar-refractivity contribution in [2.24, 2.45) is 5.92 Å². The molecule has 3 rings (SSSR count). The highest BCUT2D eigenvalue weighted by Gasteiger charge is 2.41. The monoisotopic (exact) mass is 222 g/mol. The molecular weight excluding hydrogens is 208 g/mol. The maximum Gasteiger partial charge on any atom is 0.228 e. The number of carbonyl (C=O) groups excluding carboxylic acids is 1. The summed E-state index contributed by atoms with van der Waals surface area (Å²) in [5.74, 6) is 0.872. The largest absolute Gasteiger partial charge is 0.315 e. The van der Waals surface area contributed by atoms with E-state index in [1.807, 2.05) is 22.4 Å². The van der Waals surface area contributed by atoms with Crippen molar-refractivity contribution in [2.75, 3.05) is 18.0 Å². The molecule has 2 fully saturated rings. The topological polar surface area (TPSA) is 32.3 Å². The van der Waals surface area contributed by atoms with Crippen molar-refractivity contribution < 1.29 is 4.79 Å². The number of nitrogens with zero attached hydrogens (tertiary/aromatic N) is 1. The van der Waals surface area contributed by atoms with Gasteiger partial charge in [-0.15, -0.1) is 11.3 Å². The Hall–Kier alpha value is -0.870. The molecule has 1 amide bonds. The molecule has 2 saturated heterocycles. The molecule has 0 aliphatic carbocycles. The Morgan fingerprint density at radius 3 is 3.27 bits per heavy atom. The van der Waals surface area contributed by atoms with Crippen LogP contribution in [0.25, 0.3) is 0 Å². The summed E-state index contributed by atoms with van der Waals surface area (Å²) < 4.78 is 0. The standard InChI is InChI=1S/C11H14N2OS/c14-10-6-8-3-4-12-7-9(8)13(10)11-2-1-5-15-11/h1-2,5,8-9,12H,3-4,6-7H2. The summed E-state index contributed by atoms with van der Waals surface area (Å²) in [7, 11) is 0. The quantitative estimate of drug-likeness (QED) is 0.780. The molecule has 3 nitrogen and oxygen atoms in total. The Balaban J connectivity index is 1.91. The van der Waals surface area contributed by atoms with Gasteiger partial charge in [0.15, 0.2) is 0 Å². The highest BCUT2D eigenvalue weighted by Crippen LogP contribution is 2.36. The number of carbonyl (C=O) groups is 1. The minimum Gasteiger partial charge on any atom is -0.315 e. The van der Waals surface area contributed by atoms with Crippen molar-refractivity contribution in [3.05, 3.63) is 17.5 Å². The van der Waals surface area contributed by atoms with E-state index in [0.29, 0.717) is 17.9 Å². The molecule has 4 heteroatoms. The number of nitrogens with one attached hydrogen (secondary N) is 1. The Kier molecular flexibility index (Phi) is 2.25. The predicted octanol–water partition coefficient (Wildman–Crippen LogP) is 1.46. The zero-order valence-corrected chi connectivity index (χ0v) is 9.30. The number of anilines is 1. The molecule has 0 aromatic carbocycles. The lowest BCUT2D eigenvalue weighted by Gasteiger charge is -2.31. The zero-order valence-electron chi connectivity index (χ0n) is 8.48. The smallest absolute Gasteiger partial charge is 0.228 e. The number of fused-ring (bicyclic) bond motifs is 1. The molecule has 3 heterocycles. The van der Waals surface area contributed by atoms with Crippen LogP contribution in [0.2, 0.25) is 0 Å². The van der Waals surface area contributed by atoms with E-state index in [0.717, 1.165) is 30.9 Å². The van der Waals surface area contributed by atoms with Crippen molar-refractivity contribution in [3.63, 3.8) is 0 Å². The first-order valence-electron chi connectivity index (χ1n) is 5.42. The van der Waals surface area contributed by atoms with Crippen LogP contribution in [-0.2, 0) is 4.79 Å². The van der Waals surface area contributed by atoms with E-state index < -0.39 is 0 Å².